The summed E-state index contributed by atoms with van der Waals surface area (Å²) in [6.45, 7) is 0.753. The minimum atomic E-state index is -1.65. The van der Waals surface area contributed by atoms with Crippen LogP contribution in [-0.4, -0.2) is 50.1 Å². The molecule has 26 heavy (non-hydrogen) atoms. The van der Waals surface area contributed by atoms with Gasteiger partial charge in [0.05, 0.1) is 5.69 Å². The first-order valence-electron chi connectivity index (χ1n) is 8.88. The average Bonchev–Trinajstić information content (AvgIpc) is 3.52. The molecule has 134 valence electrons. The number of rotatable bonds is 4. The monoisotopic (exact) mass is 355 g/mol. The van der Waals surface area contributed by atoms with E-state index in [1.807, 2.05) is 24.3 Å². The third kappa shape index (κ3) is 2.56. The molecule has 7 nitrogen and oxygen atoms in total. The van der Waals surface area contributed by atoms with E-state index in [2.05, 4.69) is 15.4 Å². The molecule has 8 heteroatoms. The van der Waals surface area contributed by atoms with Crippen LogP contribution in [0.5, 0.6) is 0 Å². The van der Waals surface area contributed by atoms with Gasteiger partial charge in [-0.1, -0.05) is 12.1 Å². The Kier molecular flexibility index (Phi) is 3.19. The van der Waals surface area contributed by atoms with Crippen molar-refractivity contribution in [3.05, 3.63) is 30.0 Å². The van der Waals surface area contributed by atoms with E-state index in [-0.39, 0.29) is 17.8 Å². The number of hydrogen-bond acceptors (Lipinski definition) is 4. The van der Waals surface area contributed by atoms with Gasteiger partial charge in [-0.25, -0.2) is 8.91 Å². The second kappa shape index (κ2) is 5.36. The van der Waals surface area contributed by atoms with Gasteiger partial charge in [-0.2, -0.15) is 4.98 Å². The summed E-state index contributed by atoms with van der Waals surface area (Å²) in [6, 6.07) is 5.55. The molecule has 2 amide bonds. The number of aromatic nitrogens is 3. The highest BCUT2D eigenvalue weighted by Gasteiger charge is 2.53. The average molecular weight is 355 g/mol. The molecule has 2 aliphatic carbocycles. The third-order valence-corrected chi connectivity index (χ3v) is 5.15. The zero-order valence-electron chi connectivity index (χ0n) is 14.1. The molecule has 0 aromatic carbocycles. The third-order valence-electron chi connectivity index (χ3n) is 5.15. The van der Waals surface area contributed by atoms with E-state index in [0.717, 1.165) is 24.1 Å². The van der Waals surface area contributed by atoms with Gasteiger partial charge in [0.1, 0.15) is 0 Å². The maximum Gasteiger partial charge on any atom is 0.260 e. The molecule has 2 saturated carbocycles. The molecule has 0 spiro atoms. The summed E-state index contributed by atoms with van der Waals surface area (Å²) in [5.41, 5.74) is 0.658. The van der Waals surface area contributed by atoms with Crippen LogP contribution in [-0.2, 0) is 9.59 Å². The molecule has 0 unspecified atom stereocenters. The van der Waals surface area contributed by atoms with E-state index in [4.69, 9.17) is 0 Å². The smallest absolute Gasteiger partial charge is 0.260 e. The molecule has 3 heterocycles. The Morgan fingerprint density at radius 2 is 2.08 bits per heavy atom. The van der Waals surface area contributed by atoms with Gasteiger partial charge in [0.25, 0.3) is 5.91 Å². The number of hydrogen-bond donors (Lipinski definition) is 1. The van der Waals surface area contributed by atoms with Crippen LogP contribution in [0.4, 0.5) is 10.3 Å². The predicted molar refractivity (Wildman–Crippen MR) is 92.0 cm³/mol. The van der Waals surface area contributed by atoms with E-state index < -0.39 is 11.6 Å². The summed E-state index contributed by atoms with van der Waals surface area (Å²) in [5.74, 6) is -0.112. The van der Waals surface area contributed by atoms with Crippen LogP contribution >= 0.6 is 0 Å². The van der Waals surface area contributed by atoms with Crippen LogP contribution in [0.1, 0.15) is 31.4 Å². The number of carbonyl (C=O) groups is 2. The molecule has 1 N–H and O–H groups in total. The van der Waals surface area contributed by atoms with Crippen molar-refractivity contribution in [2.45, 2.75) is 31.4 Å². The molecule has 2 aromatic heterocycles. The van der Waals surface area contributed by atoms with Crippen LogP contribution in [0.25, 0.3) is 11.2 Å². The van der Waals surface area contributed by atoms with Gasteiger partial charge in [-0.3, -0.25) is 14.9 Å². The van der Waals surface area contributed by atoms with Crippen LogP contribution < -0.4 is 5.32 Å². The standard InChI is InChI=1S/C18H18FN5O2/c19-18(7-8-18)16(26)23-9-6-12(10-23)13-2-1-3-14-20-17(22-24(13)14)21-15(25)11-4-5-11/h1-3,6,11H,4-5,7-10H2,(H,21,22,25). The Hall–Kier alpha value is -2.77. The Labute approximate surface area is 148 Å². The summed E-state index contributed by atoms with van der Waals surface area (Å²) in [7, 11) is 0. The molecule has 2 fully saturated rings. The summed E-state index contributed by atoms with van der Waals surface area (Å²) >= 11 is 0. The zero-order valence-corrected chi connectivity index (χ0v) is 14.1. The SMILES string of the molecule is O=C(Nc1nc2cccc(C3=CCN(C(=O)C4(F)CC4)C3)n2n1)C1CC1. The predicted octanol–water partition coefficient (Wildman–Crippen LogP) is 1.81. The molecule has 0 bridgehead atoms. The van der Waals surface area contributed by atoms with Crippen molar-refractivity contribution in [1.82, 2.24) is 19.5 Å². The largest absolute Gasteiger partial charge is 0.332 e. The minimum absolute atomic E-state index is 0.0445. The highest BCUT2D eigenvalue weighted by Crippen LogP contribution is 2.42. The molecule has 3 aliphatic rings. The molecule has 5 rings (SSSR count). The van der Waals surface area contributed by atoms with E-state index in [1.54, 1.807) is 4.52 Å². The lowest BCUT2D eigenvalue weighted by Crippen LogP contribution is -2.37. The molecule has 1 aliphatic heterocycles. The summed E-state index contributed by atoms with van der Waals surface area (Å²) < 4.78 is 15.7. The lowest BCUT2D eigenvalue weighted by molar-refractivity contribution is -0.136. The van der Waals surface area contributed by atoms with Crippen LogP contribution in [0, 0.1) is 5.92 Å². The van der Waals surface area contributed by atoms with Crippen LogP contribution in [0.2, 0.25) is 0 Å². The summed E-state index contributed by atoms with van der Waals surface area (Å²) in [4.78, 5) is 30.0. The Morgan fingerprint density at radius 1 is 1.27 bits per heavy atom. The quantitative estimate of drug-likeness (QED) is 0.907. The lowest BCUT2D eigenvalue weighted by atomic mass is 10.2. The van der Waals surface area contributed by atoms with Crippen molar-refractivity contribution < 1.29 is 14.0 Å². The van der Waals surface area contributed by atoms with E-state index in [0.29, 0.717) is 31.6 Å². The van der Waals surface area contributed by atoms with Gasteiger partial charge in [0.2, 0.25) is 11.9 Å². The molecular formula is C18H18FN5O2. The van der Waals surface area contributed by atoms with Gasteiger partial charge >= 0.3 is 0 Å². The Morgan fingerprint density at radius 3 is 2.81 bits per heavy atom. The van der Waals surface area contributed by atoms with Crippen molar-refractivity contribution in [1.29, 1.82) is 0 Å². The fourth-order valence-electron chi connectivity index (χ4n) is 3.26. The first-order chi connectivity index (χ1) is 12.5. The summed E-state index contributed by atoms with van der Waals surface area (Å²) in [6.07, 6.45) is 4.39. The number of anilines is 1. The molecule has 0 saturated heterocycles. The normalized spacial score (nSPS) is 21.0. The number of nitrogens with zero attached hydrogens (tertiary/aromatic N) is 4. The van der Waals surface area contributed by atoms with E-state index in [9.17, 15) is 14.0 Å². The number of halogens is 1. The fourth-order valence-corrected chi connectivity index (χ4v) is 3.26. The number of alkyl halides is 1. The van der Waals surface area contributed by atoms with Crippen molar-refractivity contribution in [3.63, 3.8) is 0 Å². The Balaban J connectivity index is 1.39. The van der Waals surface area contributed by atoms with E-state index >= 15 is 0 Å². The zero-order chi connectivity index (χ0) is 17.9. The first kappa shape index (κ1) is 15.5. The van der Waals surface area contributed by atoms with Crippen molar-refractivity contribution >= 4 is 29.0 Å². The molecular weight excluding hydrogens is 337 g/mol. The molecule has 0 atom stereocenters. The first-order valence-corrected chi connectivity index (χ1v) is 8.88. The molecule has 0 radical (unpaired) electrons. The second-order valence-electron chi connectivity index (χ2n) is 7.26. The van der Waals surface area contributed by atoms with Gasteiger partial charge in [0.15, 0.2) is 11.3 Å². The highest BCUT2D eigenvalue weighted by atomic mass is 19.1. The van der Waals surface area contributed by atoms with Gasteiger partial charge in [-0.05, 0) is 43.4 Å². The topological polar surface area (TPSA) is 79.6 Å². The number of carbonyl (C=O) groups excluding carboxylic acids is 2. The lowest BCUT2D eigenvalue weighted by Gasteiger charge is -2.18. The maximum atomic E-state index is 14.0. The summed E-state index contributed by atoms with van der Waals surface area (Å²) in [5, 5.41) is 7.14. The number of nitrogens with one attached hydrogen (secondary N) is 1. The number of fused-ring (bicyclic) bond motifs is 1. The Bertz CT molecular complexity index is 958. The number of amides is 2. The molecule has 2 aromatic rings. The second-order valence-corrected chi connectivity index (χ2v) is 7.26. The maximum absolute atomic E-state index is 14.0. The van der Waals surface area contributed by atoms with Crippen molar-refractivity contribution in [3.8, 4) is 0 Å². The van der Waals surface area contributed by atoms with Crippen LogP contribution in [0.15, 0.2) is 24.3 Å². The highest BCUT2D eigenvalue weighted by molar-refractivity contribution is 5.93. The van der Waals surface area contributed by atoms with Gasteiger partial charge < -0.3 is 4.90 Å². The minimum Gasteiger partial charge on any atom is -0.332 e. The van der Waals surface area contributed by atoms with Gasteiger partial charge in [-0.15, -0.1) is 5.10 Å². The van der Waals surface area contributed by atoms with Crippen molar-refractivity contribution in [2.24, 2.45) is 5.92 Å². The van der Waals surface area contributed by atoms with Crippen molar-refractivity contribution in [2.75, 3.05) is 18.4 Å². The van der Waals surface area contributed by atoms with E-state index in [1.165, 1.54) is 4.90 Å². The number of pyridine rings is 1. The van der Waals surface area contributed by atoms with Crippen LogP contribution in [0.3, 0.4) is 0 Å². The van der Waals surface area contributed by atoms with Gasteiger partial charge in [0, 0.05) is 19.0 Å². The fraction of sp³-hybridized carbons (Fsp3) is 0.444.